The summed E-state index contributed by atoms with van der Waals surface area (Å²) in [4.78, 5) is 23.1. The molecule has 146 valence electrons. The second-order valence-electron chi connectivity index (χ2n) is 6.18. The first kappa shape index (κ1) is 19.3. The van der Waals surface area contributed by atoms with Gasteiger partial charge in [-0.3, -0.25) is 14.8 Å². The summed E-state index contributed by atoms with van der Waals surface area (Å²) in [6.45, 7) is 1.67. The fourth-order valence-corrected chi connectivity index (χ4v) is 2.86. The third-order valence-electron chi connectivity index (χ3n) is 4.27. The summed E-state index contributed by atoms with van der Waals surface area (Å²) in [5.74, 6) is 0.245. The number of aromatic amines is 1. The average Bonchev–Trinajstić information content (AvgIpc) is 3.12. The molecule has 0 fully saturated rings. The minimum absolute atomic E-state index is 0.159. The zero-order chi connectivity index (χ0) is 19.8. The van der Waals surface area contributed by atoms with Gasteiger partial charge in [-0.2, -0.15) is 0 Å². The van der Waals surface area contributed by atoms with Crippen molar-refractivity contribution >= 4 is 22.8 Å². The van der Waals surface area contributed by atoms with Crippen LogP contribution in [0.3, 0.4) is 0 Å². The molecule has 1 amide bonds. The van der Waals surface area contributed by atoms with Crippen LogP contribution in [-0.4, -0.2) is 48.5 Å². The van der Waals surface area contributed by atoms with Gasteiger partial charge in [-0.1, -0.05) is 0 Å². The summed E-state index contributed by atoms with van der Waals surface area (Å²) in [6.07, 6.45) is 5.82. The third-order valence-corrected chi connectivity index (χ3v) is 4.27. The van der Waals surface area contributed by atoms with Crippen molar-refractivity contribution in [2.24, 2.45) is 4.99 Å². The van der Waals surface area contributed by atoms with E-state index in [1.165, 1.54) is 18.3 Å². The molecule has 0 radical (unpaired) electrons. The van der Waals surface area contributed by atoms with Crippen molar-refractivity contribution in [2.45, 2.75) is 6.42 Å². The number of pyridine rings is 1. The highest BCUT2D eigenvalue weighted by molar-refractivity contribution is 5.93. The van der Waals surface area contributed by atoms with Crippen molar-refractivity contribution in [3.8, 4) is 0 Å². The molecule has 1 aromatic carbocycles. The summed E-state index contributed by atoms with van der Waals surface area (Å²) in [7, 11) is 1.69. The number of nitrogens with zero attached hydrogens (tertiary/aromatic N) is 2. The van der Waals surface area contributed by atoms with Gasteiger partial charge in [0.1, 0.15) is 5.82 Å². The van der Waals surface area contributed by atoms with Gasteiger partial charge in [0.2, 0.25) is 0 Å². The van der Waals surface area contributed by atoms with E-state index >= 15 is 0 Å². The number of carbonyl (C=O) groups excluding carboxylic acids is 1. The predicted molar refractivity (Wildman–Crippen MR) is 108 cm³/mol. The first-order chi connectivity index (χ1) is 13.7. The molecule has 7 nitrogen and oxygen atoms in total. The quantitative estimate of drug-likeness (QED) is 0.285. The molecule has 8 heteroatoms. The number of hydrogen-bond donors (Lipinski definition) is 4. The number of nitrogens with one attached hydrogen (secondary N) is 4. The van der Waals surface area contributed by atoms with Crippen LogP contribution in [0.15, 0.2) is 53.9 Å². The van der Waals surface area contributed by atoms with Gasteiger partial charge in [0.25, 0.3) is 5.91 Å². The Balaban J connectivity index is 1.39. The van der Waals surface area contributed by atoms with E-state index in [1.807, 2.05) is 6.20 Å². The summed E-state index contributed by atoms with van der Waals surface area (Å²) in [5, 5.41) is 10.2. The second kappa shape index (κ2) is 9.50. The first-order valence-corrected chi connectivity index (χ1v) is 9.05. The van der Waals surface area contributed by atoms with E-state index in [9.17, 15) is 9.18 Å². The van der Waals surface area contributed by atoms with E-state index in [1.54, 1.807) is 31.4 Å². The minimum Gasteiger partial charge on any atom is -0.361 e. The van der Waals surface area contributed by atoms with Crippen molar-refractivity contribution in [3.63, 3.8) is 0 Å². The Morgan fingerprint density at radius 1 is 1.18 bits per heavy atom. The Kier molecular flexibility index (Phi) is 6.56. The van der Waals surface area contributed by atoms with E-state index in [2.05, 4.69) is 30.9 Å². The molecule has 0 saturated carbocycles. The molecule has 0 atom stereocenters. The maximum absolute atomic E-state index is 13.3. The van der Waals surface area contributed by atoms with Crippen LogP contribution in [0, 0.1) is 5.82 Å². The third kappa shape index (κ3) is 5.06. The van der Waals surface area contributed by atoms with Crippen LogP contribution in [0.25, 0.3) is 10.9 Å². The standard InChI is InChI=1S/C20H23FN6O/c1-22-20(26-10-9-24-19(28)15-3-2-7-23-12-15)25-8-6-14-13-27-18-11-16(21)4-5-17(14)18/h2-5,7,11-13,27H,6,8-10H2,1H3,(H,24,28)(H2,22,25,26). The molecule has 0 aliphatic carbocycles. The lowest BCUT2D eigenvalue weighted by Gasteiger charge is -2.12. The Labute approximate surface area is 162 Å². The molecule has 0 aliphatic heterocycles. The Bertz CT molecular complexity index is 954. The van der Waals surface area contributed by atoms with Crippen LogP contribution in [0.2, 0.25) is 0 Å². The van der Waals surface area contributed by atoms with Crippen LogP contribution < -0.4 is 16.0 Å². The lowest BCUT2D eigenvalue weighted by Crippen LogP contribution is -2.42. The maximum Gasteiger partial charge on any atom is 0.252 e. The highest BCUT2D eigenvalue weighted by Gasteiger charge is 2.06. The fourth-order valence-electron chi connectivity index (χ4n) is 2.86. The number of hydrogen-bond acceptors (Lipinski definition) is 3. The summed E-state index contributed by atoms with van der Waals surface area (Å²) in [6, 6.07) is 8.19. The second-order valence-corrected chi connectivity index (χ2v) is 6.18. The van der Waals surface area contributed by atoms with Gasteiger partial charge in [0, 0.05) is 56.2 Å². The molecule has 4 N–H and O–H groups in total. The summed E-state index contributed by atoms with van der Waals surface area (Å²) < 4.78 is 13.3. The lowest BCUT2D eigenvalue weighted by molar-refractivity contribution is 0.0954. The number of fused-ring (bicyclic) bond motifs is 1. The Hall–Kier alpha value is -3.42. The zero-order valence-electron chi connectivity index (χ0n) is 15.6. The van der Waals surface area contributed by atoms with Gasteiger partial charge >= 0.3 is 0 Å². The van der Waals surface area contributed by atoms with Crippen molar-refractivity contribution in [1.29, 1.82) is 0 Å². The predicted octanol–water partition coefficient (Wildman–Crippen LogP) is 1.84. The number of carbonyl (C=O) groups is 1. The topological polar surface area (TPSA) is 94.2 Å². The number of benzene rings is 1. The average molecular weight is 382 g/mol. The smallest absolute Gasteiger partial charge is 0.252 e. The SMILES string of the molecule is CN=C(NCCNC(=O)c1cccnc1)NCCc1c[nH]c2cc(F)ccc12. The van der Waals surface area contributed by atoms with Gasteiger partial charge in [0.15, 0.2) is 5.96 Å². The Morgan fingerprint density at radius 2 is 2.00 bits per heavy atom. The molecule has 0 aliphatic rings. The van der Waals surface area contributed by atoms with Crippen molar-refractivity contribution in [2.75, 3.05) is 26.7 Å². The number of aromatic nitrogens is 2. The molecular formula is C20H23FN6O. The van der Waals surface area contributed by atoms with Gasteiger partial charge < -0.3 is 20.9 Å². The van der Waals surface area contributed by atoms with E-state index < -0.39 is 0 Å². The highest BCUT2D eigenvalue weighted by Crippen LogP contribution is 2.19. The maximum atomic E-state index is 13.3. The van der Waals surface area contributed by atoms with Crippen molar-refractivity contribution < 1.29 is 9.18 Å². The number of aliphatic imine (C=N–C) groups is 1. The van der Waals surface area contributed by atoms with E-state index in [4.69, 9.17) is 0 Å². The molecule has 0 unspecified atom stereocenters. The van der Waals surface area contributed by atoms with Crippen molar-refractivity contribution in [3.05, 3.63) is 65.9 Å². The largest absolute Gasteiger partial charge is 0.361 e. The van der Waals surface area contributed by atoms with Crippen molar-refractivity contribution in [1.82, 2.24) is 25.9 Å². The molecule has 0 saturated heterocycles. The number of rotatable bonds is 7. The molecule has 3 rings (SSSR count). The highest BCUT2D eigenvalue weighted by atomic mass is 19.1. The molecule has 2 aromatic heterocycles. The van der Waals surface area contributed by atoms with Gasteiger partial charge in [0.05, 0.1) is 5.56 Å². The zero-order valence-corrected chi connectivity index (χ0v) is 15.6. The molecule has 0 bridgehead atoms. The van der Waals surface area contributed by atoms with Crippen LogP contribution in [0.4, 0.5) is 4.39 Å². The number of halogens is 1. The van der Waals surface area contributed by atoms with Crippen LogP contribution >= 0.6 is 0 Å². The first-order valence-electron chi connectivity index (χ1n) is 9.05. The normalized spacial score (nSPS) is 11.4. The van der Waals surface area contributed by atoms with Crippen LogP contribution in [0.1, 0.15) is 15.9 Å². The number of amides is 1. The van der Waals surface area contributed by atoms with Gasteiger partial charge in [-0.05, 0) is 42.3 Å². The van der Waals surface area contributed by atoms with E-state index in [0.29, 0.717) is 31.2 Å². The number of H-pyrrole nitrogens is 1. The molecular weight excluding hydrogens is 359 g/mol. The fraction of sp³-hybridized carbons (Fsp3) is 0.250. The molecule has 28 heavy (non-hydrogen) atoms. The van der Waals surface area contributed by atoms with E-state index in [-0.39, 0.29) is 11.7 Å². The lowest BCUT2D eigenvalue weighted by atomic mass is 10.1. The molecule has 2 heterocycles. The van der Waals surface area contributed by atoms with Gasteiger partial charge in [-0.25, -0.2) is 4.39 Å². The molecule has 0 spiro atoms. The Morgan fingerprint density at radius 3 is 2.79 bits per heavy atom. The monoisotopic (exact) mass is 382 g/mol. The van der Waals surface area contributed by atoms with E-state index in [0.717, 1.165) is 22.9 Å². The van der Waals surface area contributed by atoms with Crippen LogP contribution in [-0.2, 0) is 6.42 Å². The molecule has 3 aromatic rings. The van der Waals surface area contributed by atoms with Gasteiger partial charge in [-0.15, -0.1) is 0 Å². The summed E-state index contributed by atoms with van der Waals surface area (Å²) >= 11 is 0. The van der Waals surface area contributed by atoms with Crippen LogP contribution in [0.5, 0.6) is 0 Å². The number of guanidine groups is 1. The summed E-state index contributed by atoms with van der Waals surface area (Å²) in [5.41, 5.74) is 2.44. The minimum atomic E-state index is -0.251.